The van der Waals surface area contributed by atoms with Crippen molar-refractivity contribution in [2.75, 3.05) is 20.3 Å². The lowest BCUT2D eigenvalue weighted by molar-refractivity contribution is -0.402. The van der Waals surface area contributed by atoms with E-state index in [2.05, 4.69) is 60.6 Å². The molecule has 4 aliphatic carbocycles. The van der Waals surface area contributed by atoms with E-state index in [0.29, 0.717) is 24.2 Å². The van der Waals surface area contributed by atoms with E-state index >= 15 is 0 Å². The normalized spacial score (nSPS) is 54.4. The number of ether oxygens (including phenoxy) is 10. The zero-order chi connectivity index (χ0) is 53.7. The molecule has 424 valence electrons. The third-order valence-electron chi connectivity index (χ3n) is 20.3. The van der Waals surface area contributed by atoms with Crippen molar-refractivity contribution < 1.29 is 98.4 Å². The standard InChI is InChI=1S/C54H88O20/c1-23(2)19-26-20-27(46(65-10)69-26)28-13-17-54(9)30-11-12-33-51(5,6)34(15-16-52(33,7)29(30)14-18-53(28,54)8)71-50-45(44(38(60)32(21-55)70-50)73-48-41(63)39(61)35(57)24(3)67-48)74-49-42(64)43(36(58)25(4)68-49)72-47-40(62)37(59)31(56)22-66-47/h11,19,24-29,31-50,55-64H,12-18,20-22H2,1-10H3/t24-,25-,26-,27-,28-,29-,31+,32+,33-,34-,35-,36-,37-,38+,39+,40+,41+,42+,43+,44-,45+,46-,47-,48-,49-,50-,52+,53-,54+/m0/s1. The van der Waals surface area contributed by atoms with Crippen molar-refractivity contribution in [2.45, 2.75) is 249 Å². The van der Waals surface area contributed by atoms with Crippen LogP contribution in [0.2, 0.25) is 0 Å². The minimum absolute atomic E-state index is 0.00747. The van der Waals surface area contributed by atoms with Gasteiger partial charge in [-0.15, -0.1) is 0 Å². The Morgan fingerprint density at radius 1 is 0.649 bits per heavy atom. The highest BCUT2D eigenvalue weighted by Crippen LogP contribution is 2.74. The fourth-order valence-electron chi connectivity index (χ4n) is 15.8. The van der Waals surface area contributed by atoms with Crippen LogP contribution in [0.5, 0.6) is 0 Å². The first kappa shape index (κ1) is 57.4. The van der Waals surface area contributed by atoms with E-state index < -0.39 is 141 Å². The average molecular weight is 1060 g/mol. The summed E-state index contributed by atoms with van der Waals surface area (Å²) in [5, 5.41) is 109. The maximum absolute atomic E-state index is 11.9. The zero-order valence-corrected chi connectivity index (χ0v) is 44.8. The molecule has 5 heterocycles. The highest BCUT2D eigenvalue weighted by atomic mass is 16.8. The quantitative estimate of drug-likeness (QED) is 0.123. The molecule has 9 aliphatic rings. The number of allylic oxidation sites excluding steroid dienone is 3. The number of fused-ring (bicyclic) bond motifs is 5. The molecule has 9 rings (SSSR count). The van der Waals surface area contributed by atoms with E-state index in [1.165, 1.54) is 19.4 Å². The number of methoxy groups -OCH3 is 1. The average Bonchev–Trinajstić information content (AvgIpc) is 3.88. The summed E-state index contributed by atoms with van der Waals surface area (Å²) in [5.74, 6) is 1.23. The van der Waals surface area contributed by atoms with Gasteiger partial charge in [-0.25, -0.2) is 0 Å². The van der Waals surface area contributed by atoms with Gasteiger partial charge in [-0.2, -0.15) is 0 Å². The maximum atomic E-state index is 11.9. The van der Waals surface area contributed by atoms with Crippen LogP contribution in [0.1, 0.15) is 114 Å². The fourth-order valence-corrected chi connectivity index (χ4v) is 15.8. The second-order valence-electron chi connectivity index (χ2n) is 25.0. The Morgan fingerprint density at radius 3 is 1.97 bits per heavy atom. The number of rotatable bonds is 12. The largest absolute Gasteiger partial charge is 0.394 e. The van der Waals surface area contributed by atoms with E-state index in [-0.39, 0.29) is 34.6 Å². The smallest absolute Gasteiger partial charge is 0.187 e. The van der Waals surface area contributed by atoms with Crippen LogP contribution in [0.25, 0.3) is 0 Å². The van der Waals surface area contributed by atoms with Crippen LogP contribution in [0.3, 0.4) is 0 Å². The molecule has 0 amide bonds. The molecule has 20 nitrogen and oxygen atoms in total. The summed E-state index contributed by atoms with van der Waals surface area (Å²) in [6.45, 7) is 18.0. The first-order valence-electron chi connectivity index (χ1n) is 27.3. The molecular weight excluding hydrogens is 969 g/mol. The third kappa shape index (κ3) is 9.74. The molecule has 74 heavy (non-hydrogen) atoms. The summed E-state index contributed by atoms with van der Waals surface area (Å²) in [4.78, 5) is 0. The lowest BCUT2D eigenvalue weighted by Gasteiger charge is -2.65. The molecule has 0 aromatic rings. The van der Waals surface area contributed by atoms with Crippen molar-refractivity contribution in [3.63, 3.8) is 0 Å². The van der Waals surface area contributed by atoms with Gasteiger partial charge in [-0.05, 0) is 118 Å². The van der Waals surface area contributed by atoms with Crippen molar-refractivity contribution >= 4 is 0 Å². The van der Waals surface area contributed by atoms with Crippen LogP contribution < -0.4 is 0 Å². The van der Waals surface area contributed by atoms with E-state index in [0.717, 1.165) is 44.9 Å². The number of aliphatic hydroxyl groups excluding tert-OH is 10. The summed E-state index contributed by atoms with van der Waals surface area (Å²) < 4.78 is 62.2. The van der Waals surface area contributed by atoms with E-state index in [9.17, 15) is 51.1 Å². The SMILES string of the molecule is CO[C@H]1O[C@@H](C=C(C)C)C[C@H]1[C@@H]1CC[C@]2(C)C3=CC[C@H]4C(C)(C)[C@@H](O[C@@H]5O[C@H](CO)[C@@H](O)[C@H](O[C@@H]6O[C@@H](C)[C@H](O)[C@@H](O)[C@H]6O)[C@H]5O[C@@H]5O[C@@H](C)[C@H](O)[C@@H](O[C@@H]6OC[C@@H](O)[C@H](O)[C@H]6O)[C@H]5O)CC[C@]4(C)[C@H]3CC[C@@]12C. The van der Waals surface area contributed by atoms with Crippen LogP contribution in [-0.4, -0.2) is 207 Å². The van der Waals surface area contributed by atoms with Gasteiger partial charge < -0.3 is 98.4 Å². The first-order chi connectivity index (χ1) is 34.8. The molecule has 5 aliphatic heterocycles. The Labute approximate surface area is 435 Å². The molecule has 3 saturated carbocycles. The van der Waals surface area contributed by atoms with Gasteiger partial charge in [0.1, 0.15) is 79.4 Å². The zero-order valence-electron chi connectivity index (χ0n) is 44.8. The Morgan fingerprint density at radius 2 is 1.30 bits per heavy atom. The summed E-state index contributed by atoms with van der Waals surface area (Å²) in [6, 6.07) is 0. The van der Waals surface area contributed by atoms with Crippen molar-refractivity contribution in [3.8, 4) is 0 Å². The number of hydrogen-bond acceptors (Lipinski definition) is 20. The van der Waals surface area contributed by atoms with Crippen molar-refractivity contribution in [2.24, 2.45) is 45.3 Å². The fraction of sp³-hybridized carbons (Fsp3) is 0.926. The van der Waals surface area contributed by atoms with E-state index in [1.807, 2.05) is 0 Å². The maximum Gasteiger partial charge on any atom is 0.187 e. The molecule has 0 aromatic heterocycles. The van der Waals surface area contributed by atoms with Gasteiger partial charge in [0.05, 0.1) is 37.6 Å². The topological polar surface area (TPSA) is 295 Å². The van der Waals surface area contributed by atoms with E-state index in [4.69, 9.17) is 47.4 Å². The Kier molecular flexibility index (Phi) is 16.8. The summed E-state index contributed by atoms with van der Waals surface area (Å²) in [7, 11) is 1.77. The van der Waals surface area contributed by atoms with Crippen LogP contribution in [0, 0.1) is 45.3 Å². The third-order valence-corrected chi connectivity index (χ3v) is 20.3. The highest BCUT2D eigenvalue weighted by Gasteiger charge is 2.67. The van der Waals surface area contributed by atoms with Gasteiger partial charge in [-0.1, -0.05) is 57.9 Å². The molecule has 0 radical (unpaired) electrons. The minimum Gasteiger partial charge on any atom is -0.394 e. The molecule has 20 heteroatoms. The first-order valence-corrected chi connectivity index (χ1v) is 27.3. The highest BCUT2D eigenvalue weighted by molar-refractivity contribution is 5.33. The second-order valence-corrected chi connectivity index (χ2v) is 25.0. The molecule has 0 bridgehead atoms. The van der Waals surface area contributed by atoms with Crippen LogP contribution >= 0.6 is 0 Å². The Balaban J connectivity index is 0.990. The molecule has 29 atom stereocenters. The Hall–Kier alpha value is -1.32. The molecule has 0 aromatic carbocycles. The predicted octanol–water partition coefficient (Wildman–Crippen LogP) is 1.29. The molecule has 5 saturated heterocycles. The number of hydrogen-bond donors (Lipinski definition) is 10. The van der Waals surface area contributed by atoms with Crippen molar-refractivity contribution in [3.05, 3.63) is 23.3 Å². The van der Waals surface area contributed by atoms with Crippen LogP contribution in [-0.2, 0) is 47.4 Å². The van der Waals surface area contributed by atoms with E-state index in [1.54, 1.807) is 12.7 Å². The monoisotopic (exact) mass is 1060 g/mol. The lowest BCUT2D eigenvalue weighted by Crippen LogP contribution is -2.68. The van der Waals surface area contributed by atoms with Gasteiger partial charge in [0, 0.05) is 13.0 Å². The van der Waals surface area contributed by atoms with Crippen LogP contribution in [0.15, 0.2) is 23.3 Å². The van der Waals surface area contributed by atoms with Gasteiger partial charge in [0.15, 0.2) is 31.5 Å². The van der Waals surface area contributed by atoms with Gasteiger partial charge in [-0.3, -0.25) is 0 Å². The molecule has 10 N–H and O–H groups in total. The van der Waals surface area contributed by atoms with Crippen LogP contribution in [0.4, 0.5) is 0 Å². The van der Waals surface area contributed by atoms with Gasteiger partial charge >= 0.3 is 0 Å². The molecule has 0 unspecified atom stereocenters. The summed E-state index contributed by atoms with van der Waals surface area (Å²) >= 11 is 0. The minimum atomic E-state index is -1.85. The molecule has 8 fully saturated rings. The number of aliphatic hydroxyl groups is 10. The summed E-state index contributed by atoms with van der Waals surface area (Å²) in [5.41, 5.74) is 2.26. The summed E-state index contributed by atoms with van der Waals surface area (Å²) in [6.07, 6.45) is -17.8. The molecular formula is C54H88O20. The van der Waals surface area contributed by atoms with Crippen molar-refractivity contribution in [1.82, 2.24) is 0 Å². The van der Waals surface area contributed by atoms with Crippen molar-refractivity contribution in [1.29, 1.82) is 0 Å². The Bertz CT molecular complexity index is 2000. The lowest BCUT2D eigenvalue weighted by atomic mass is 9.41. The second kappa shape index (κ2) is 21.6. The molecule has 0 spiro atoms. The predicted molar refractivity (Wildman–Crippen MR) is 260 cm³/mol. The van der Waals surface area contributed by atoms with Gasteiger partial charge in [0.2, 0.25) is 0 Å². The van der Waals surface area contributed by atoms with Gasteiger partial charge in [0.25, 0.3) is 0 Å².